The average molecular weight is 478 g/mol. The van der Waals surface area contributed by atoms with Crippen LogP contribution in [0.5, 0.6) is 5.75 Å². The summed E-state index contributed by atoms with van der Waals surface area (Å²) in [5.41, 5.74) is 1.27. The van der Waals surface area contributed by atoms with Crippen molar-refractivity contribution in [1.82, 2.24) is 5.32 Å². The number of halogens is 1. The van der Waals surface area contributed by atoms with Crippen molar-refractivity contribution in [2.45, 2.75) is 18.6 Å². The number of benzene rings is 1. The Balaban J connectivity index is 1.30. The lowest BCUT2D eigenvalue weighted by Crippen LogP contribution is -2.47. The fourth-order valence-corrected chi connectivity index (χ4v) is 4.99. The van der Waals surface area contributed by atoms with Crippen molar-refractivity contribution in [3.63, 3.8) is 0 Å². The molecule has 0 radical (unpaired) electrons. The molecule has 2 aromatic rings. The highest BCUT2D eigenvalue weighted by Crippen LogP contribution is 2.41. The van der Waals surface area contributed by atoms with Gasteiger partial charge < -0.3 is 24.4 Å². The van der Waals surface area contributed by atoms with Gasteiger partial charge in [0.15, 0.2) is 0 Å². The zero-order valence-corrected chi connectivity index (χ0v) is 18.5. The van der Waals surface area contributed by atoms with Crippen LogP contribution < -0.4 is 19.9 Å². The fourth-order valence-electron chi connectivity index (χ4n) is 4.03. The number of fused-ring (bicyclic) bond motifs is 3. The molecule has 2 fully saturated rings. The molecule has 11 heteroatoms. The third kappa shape index (κ3) is 3.89. The maximum absolute atomic E-state index is 12.6. The van der Waals surface area contributed by atoms with Crippen molar-refractivity contribution < 1.29 is 28.6 Å². The van der Waals surface area contributed by atoms with E-state index in [2.05, 4.69) is 5.32 Å². The zero-order valence-electron chi connectivity index (χ0n) is 16.9. The number of anilines is 2. The highest BCUT2D eigenvalue weighted by molar-refractivity contribution is 7.18. The number of nitrogens with zero attached hydrogens (tertiary/aromatic N) is 2. The fraction of sp³-hybridized carbons (Fsp3) is 0.381. The summed E-state index contributed by atoms with van der Waals surface area (Å²) >= 11 is 7.07. The standard InChI is InChI=1S/C21H20ClN3O6S/c22-18-4-3-17(32-18)20(27)23-10-16-14-11-30-15-9-12(24-6-8-29-7-5-19(24)26)1-2-13(15)25(14)21(28)31-16/h1-4,9,14,16H,5-8,10-11H2,(H,23,27)/t14-,16-/m0/s1. The first-order chi connectivity index (χ1) is 15.5. The van der Waals surface area contributed by atoms with Gasteiger partial charge in [0, 0.05) is 18.3 Å². The molecule has 3 aliphatic heterocycles. The van der Waals surface area contributed by atoms with Gasteiger partial charge in [-0.2, -0.15) is 0 Å². The average Bonchev–Trinajstić information content (AvgIpc) is 3.29. The zero-order chi connectivity index (χ0) is 22.2. The van der Waals surface area contributed by atoms with E-state index in [1.807, 2.05) is 0 Å². The maximum Gasteiger partial charge on any atom is 0.415 e. The number of amides is 3. The molecule has 9 nitrogen and oxygen atoms in total. The first-order valence-electron chi connectivity index (χ1n) is 10.2. The molecule has 1 N–H and O–H groups in total. The monoisotopic (exact) mass is 477 g/mol. The molecule has 0 unspecified atom stereocenters. The van der Waals surface area contributed by atoms with Crippen LogP contribution in [0, 0.1) is 0 Å². The molecule has 3 amide bonds. The van der Waals surface area contributed by atoms with Gasteiger partial charge in [-0.15, -0.1) is 11.3 Å². The van der Waals surface area contributed by atoms with Gasteiger partial charge >= 0.3 is 6.09 Å². The second-order valence-corrected chi connectivity index (χ2v) is 9.26. The summed E-state index contributed by atoms with van der Waals surface area (Å²) < 4.78 is 17.4. The maximum atomic E-state index is 12.6. The first kappa shape index (κ1) is 21.0. The minimum atomic E-state index is -0.556. The van der Waals surface area contributed by atoms with Crippen LogP contribution >= 0.6 is 22.9 Å². The van der Waals surface area contributed by atoms with Crippen molar-refractivity contribution in [3.05, 3.63) is 39.5 Å². The number of hydrogen-bond acceptors (Lipinski definition) is 7. The van der Waals surface area contributed by atoms with Gasteiger partial charge in [-0.1, -0.05) is 11.6 Å². The van der Waals surface area contributed by atoms with E-state index in [-0.39, 0.29) is 31.0 Å². The van der Waals surface area contributed by atoms with Crippen LogP contribution in [0.25, 0.3) is 0 Å². The number of carbonyl (C=O) groups is 3. The van der Waals surface area contributed by atoms with Gasteiger partial charge in [-0.05, 0) is 24.3 Å². The van der Waals surface area contributed by atoms with Gasteiger partial charge in [0.25, 0.3) is 5.91 Å². The van der Waals surface area contributed by atoms with Gasteiger partial charge in [0.1, 0.15) is 24.5 Å². The summed E-state index contributed by atoms with van der Waals surface area (Å²) in [5.74, 6) is 0.218. The molecule has 5 rings (SSSR count). The van der Waals surface area contributed by atoms with Gasteiger partial charge in [-0.25, -0.2) is 4.79 Å². The summed E-state index contributed by atoms with van der Waals surface area (Å²) in [4.78, 5) is 41.0. The van der Waals surface area contributed by atoms with E-state index in [1.165, 1.54) is 11.3 Å². The molecule has 2 atom stereocenters. The molecule has 168 valence electrons. The van der Waals surface area contributed by atoms with Gasteiger partial charge in [0.05, 0.1) is 41.1 Å². The largest absolute Gasteiger partial charge is 0.489 e. The van der Waals surface area contributed by atoms with Crippen LogP contribution in [-0.4, -0.2) is 63.0 Å². The van der Waals surface area contributed by atoms with Crippen molar-refractivity contribution in [1.29, 1.82) is 0 Å². The van der Waals surface area contributed by atoms with Crippen molar-refractivity contribution in [2.24, 2.45) is 0 Å². The molecule has 3 aliphatic rings. The number of nitrogens with one attached hydrogen (secondary N) is 1. The Kier molecular flexibility index (Phi) is 5.66. The van der Waals surface area contributed by atoms with Crippen LogP contribution in [-0.2, 0) is 14.3 Å². The summed E-state index contributed by atoms with van der Waals surface area (Å²) in [6, 6.07) is 8.24. The molecule has 0 saturated carbocycles. The van der Waals surface area contributed by atoms with Crippen LogP contribution in [0.1, 0.15) is 16.1 Å². The summed E-state index contributed by atoms with van der Waals surface area (Å²) in [6.07, 6.45) is -0.729. The lowest BCUT2D eigenvalue weighted by molar-refractivity contribution is -0.118. The summed E-state index contributed by atoms with van der Waals surface area (Å²) in [5, 5.41) is 2.79. The molecule has 0 bridgehead atoms. The Morgan fingerprint density at radius 3 is 2.91 bits per heavy atom. The lowest BCUT2D eigenvalue weighted by atomic mass is 10.1. The number of rotatable bonds is 4. The molecular weight excluding hydrogens is 458 g/mol. The third-order valence-electron chi connectivity index (χ3n) is 5.62. The number of ether oxygens (including phenoxy) is 3. The second kappa shape index (κ2) is 8.61. The van der Waals surface area contributed by atoms with E-state index >= 15 is 0 Å². The van der Waals surface area contributed by atoms with E-state index in [9.17, 15) is 14.4 Å². The van der Waals surface area contributed by atoms with E-state index in [1.54, 1.807) is 40.1 Å². The van der Waals surface area contributed by atoms with Crippen molar-refractivity contribution >= 4 is 52.2 Å². The molecule has 0 aliphatic carbocycles. The topological polar surface area (TPSA) is 97.4 Å². The van der Waals surface area contributed by atoms with E-state index < -0.39 is 12.2 Å². The minimum Gasteiger partial charge on any atom is -0.489 e. The molecule has 0 spiro atoms. The van der Waals surface area contributed by atoms with Crippen molar-refractivity contribution in [2.75, 3.05) is 42.7 Å². The predicted molar refractivity (Wildman–Crippen MR) is 118 cm³/mol. The third-order valence-corrected chi connectivity index (χ3v) is 6.85. The Bertz CT molecular complexity index is 1080. The predicted octanol–water partition coefficient (Wildman–Crippen LogP) is 2.67. The second-order valence-electron chi connectivity index (χ2n) is 7.54. The molecule has 1 aromatic carbocycles. The Morgan fingerprint density at radius 1 is 1.22 bits per heavy atom. The molecule has 32 heavy (non-hydrogen) atoms. The van der Waals surface area contributed by atoms with Crippen LogP contribution in [0.2, 0.25) is 4.34 Å². The van der Waals surface area contributed by atoms with Crippen molar-refractivity contribution in [3.8, 4) is 5.75 Å². The molecule has 1 aromatic heterocycles. The normalized spacial score (nSPS) is 22.5. The van der Waals surface area contributed by atoms with Gasteiger partial charge in [-0.3, -0.25) is 14.5 Å². The minimum absolute atomic E-state index is 0.0143. The molecule has 4 heterocycles. The number of carbonyl (C=O) groups excluding carboxylic acids is 3. The highest BCUT2D eigenvalue weighted by atomic mass is 35.5. The summed E-state index contributed by atoms with van der Waals surface area (Å²) in [6.45, 7) is 1.71. The van der Waals surface area contributed by atoms with E-state index in [0.29, 0.717) is 52.5 Å². The highest BCUT2D eigenvalue weighted by Gasteiger charge is 2.46. The Hall–Kier alpha value is -2.82. The lowest BCUT2D eigenvalue weighted by Gasteiger charge is -2.32. The Labute approximate surface area is 192 Å². The van der Waals surface area contributed by atoms with Crippen LogP contribution in [0.4, 0.5) is 16.2 Å². The van der Waals surface area contributed by atoms with Crippen LogP contribution in [0.3, 0.4) is 0 Å². The SMILES string of the molecule is O=C(NC[C@@H]1OC(=O)N2c3ccc(N4CCOCCC4=O)cc3OC[C@@H]12)c1ccc(Cl)s1. The summed E-state index contributed by atoms with van der Waals surface area (Å²) in [7, 11) is 0. The van der Waals surface area contributed by atoms with Crippen LogP contribution in [0.15, 0.2) is 30.3 Å². The number of cyclic esters (lactones) is 1. The molecule has 2 saturated heterocycles. The van der Waals surface area contributed by atoms with Gasteiger partial charge in [0.2, 0.25) is 5.91 Å². The van der Waals surface area contributed by atoms with E-state index in [4.69, 9.17) is 25.8 Å². The first-order valence-corrected chi connectivity index (χ1v) is 11.4. The quantitative estimate of drug-likeness (QED) is 0.727. The number of hydrogen-bond donors (Lipinski definition) is 1. The Morgan fingerprint density at radius 2 is 2.09 bits per heavy atom. The smallest absolute Gasteiger partial charge is 0.415 e. The van der Waals surface area contributed by atoms with E-state index in [0.717, 1.165) is 0 Å². The molecular formula is C21H20ClN3O6S. The number of thiophene rings is 1.